The van der Waals surface area contributed by atoms with Crippen LogP contribution in [0.4, 0.5) is 21.4 Å². The third-order valence-electron chi connectivity index (χ3n) is 4.37. The minimum atomic E-state index is -0.351. The zero-order chi connectivity index (χ0) is 20.9. The number of anilines is 3. The molecule has 0 bridgehead atoms. The fraction of sp³-hybridized carbons (Fsp3) is 0.263. The van der Waals surface area contributed by atoms with Crippen molar-refractivity contribution in [1.82, 2.24) is 15.0 Å². The second-order valence-corrected chi connectivity index (χ2v) is 8.36. The lowest BCUT2D eigenvalue weighted by atomic mass is 10.2. The van der Waals surface area contributed by atoms with E-state index in [9.17, 15) is 4.79 Å². The third kappa shape index (κ3) is 4.84. The van der Waals surface area contributed by atoms with Crippen LogP contribution in [0.1, 0.15) is 0 Å². The first kappa shape index (κ1) is 20.9. The van der Waals surface area contributed by atoms with Gasteiger partial charge in [0, 0.05) is 35.9 Å². The Morgan fingerprint density at radius 2 is 1.97 bits per heavy atom. The van der Waals surface area contributed by atoms with Crippen molar-refractivity contribution in [2.24, 2.45) is 0 Å². The molecule has 1 aliphatic heterocycles. The quantitative estimate of drug-likeness (QED) is 0.427. The minimum absolute atomic E-state index is 0.351. The summed E-state index contributed by atoms with van der Waals surface area (Å²) in [5.41, 5.74) is 1.46. The van der Waals surface area contributed by atoms with Gasteiger partial charge in [0.1, 0.15) is 11.0 Å². The summed E-state index contributed by atoms with van der Waals surface area (Å²) in [5, 5.41) is 8.22. The number of nitrogens with zero attached hydrogens (tertiary/aromatic N) is 4. The Balaban J connectivity index is 1.53. The van der Waals surface area contributed by atoms with Crippen LogP contribution in [-0.2, 0) is 4.74 Å². The number of benzene rings is 1. The van der Waals surface area contributed by atoms with Gasteiger partial charge in [0.2, 0.25) is 0 Å². The molecule has 0 unspecified atom stereocenters. The average molecular weight is 463 g/mol. The van der Waals surface area contributed by atoms with Gasteiger partial charge in [-0.2, -0.15) is 0 Å². The summed E-state index contributed by atoms with van der Waals surface area (Å²) in [4.78, 5) is 28.4. The highest BCUT2D eigenvalue weighted by Gasteiger charge is 2.21. The molecule has 2 N–H and O–H groups in total. The van der Waals surface area contributed by atoms with E-state index in [2.05, 4.69) is 25.5 Å². The molecule has 2 amide bonds. The molecule has 0 radical (unpaired) electrons. The highest BCUT2D eigenvalue weighted by Crippen LogP contribution is 2.35. The maximum absolute atomic E-state index is 12.1. The van der Waals surface area contributed by atoms with E-state index in [1.165, 1.54) is 23.1 Å². The van der Waals surface area contributed by atoms with Crippen LogP contribution in [0.15, 0.2) is 40.7 Å². The van der Waals surface area contributed by atoms with E-state index < -0.39 is 0 Å². The Labute approximate surface area is 187 Å². The molecule has 4 rings (SSSR count). The van der Waals surface area contributed by atoms with E-state index in [-0.39, 0.29) is 6.03 Å². The van der Waals surface area contributed by atoms with Gasteiger partial charge in [-0.3, -0.25) is 5.32 Å². The first-order chi connectivity index (χ1) is 14.6. The lowest BCUT2D eigenvalue weighted by Crippen LogP contribution is -2.37. The average Bonchev–Trinajstić information content (AvgIpc) is 3.27. The number of hydrogen-bond acceptors (Lipinski definition) is 8. The van der Waals surface area contributed by atoms with Crippen molar-refractivity contribution in [3.05, 3.63) is 41.0 Å². The molecule has 11 heteroatoms. The van der Waals surface area contributed by atoms with E-state index in [0.717, 1.165) is 29.4 Å². The van der Waals surface area contributed by atoms with Crippen molar-refractivity contribution >= 4 is 57.4 Å². The van der Waals surface area contributed by atoms with E-state index >= 15 is 0 Å². The molecule has 0 atom stereocenters. The monoisotopic (exact) mass is 462 g/mol. The van der Waals surface area contributed by atoms with Gasteiger partial charge < -0.3 is 15.0 Å². The Kier molecular flexibility index (Phi) is 6.68. The first-order valence-corrected chi connectivity index (χ1v) is 11.6. The van der Waals surface area contributed by atoms with Gasteiger partial charge in [-0.15, -0.1) is 23.1 Å². The fourth-order valence-electron chi connectivity index (χ4n) is 2.95. The topological polar surface area (TPSA) is 92.3 Å². The maximum Gasteiger partial charge on any atom is 0.325 e. The molecule has 0 aliphatic carbocycles. The fourth-order valence-corrected chi connectivity index (χ4v) is 4.44. The molecule has 1 saturated heterocycles. The number of carbonyl (C=O) groups excluding carboxylic acids is 1. The zero-order valence-corrected chi connectivity index (χ0v) is 18.5. The number of rotatable bonds is 5. The number of morpholine rings is 1. The summed E-state index contributed by atoms with van der Waals surface area (Å²) in [6.45, 7) is 2.84. The van der Waals surface area contributed by atoms with Crippen LogP contribution in [0.3, 0.4) is 0 Å². The van der Waals surface area contributed by atoms with Crippen LogP contribution in [0.25, 0.3) is 11.4 Å². The lowest BCUT2D eigenvalue weighted by Gasteiger charge is -2.29. The molecule has 1 fully saturated rings. The van der Waals surface area contributed by atoms with Crippen LogP contribution < -0.4 is 15.5 Å². The summed E-state index contributed by atoms with van der Waals surface area (Å²) < 4.78 is 5.45. The Bertz CT molecular complexity index is 1010. The number of thiazole rings is 1. The van der Waals surface area contributed by atoms with Gasteiger partial charge in [-0.25, -0.2) is 19.7 Å². The van der Waals surface area contributed by atoms with Gasteiger partial charge in [0.25, 0.3) is 0 Å². The van der Waals surface area contributed by atoms with E-state index in [4.69, 9.17) is 21.3 Å². The highest BCUT2D eigenvalue weighted by molar-refractivity contribution is 7.98. The van der Waals surface area contributed by atoms with Crippen molar-refractivity contribution in [3.8, 4) is 11.4 Å². The van der Waals surface area contributed by atoms with Crippen LogP contribution in [0.5, 0.6) is 0 Å². The molecule has 2 aromatic heterocycles. The number of nitrogens with one attached hydrogen (secondary N) is 2. The number of urea groups is 1. The predicted octanol–water partition coefficient (Wildman–Crippen LogP) is 4.46. The van der Waals surface area contributed by atoms with Crippen LogP contribution >= 0.6 is 34.7 Å². The molecule has 8 nitrogen and oxygen atoms in total. The van der Waals surface area contributed by atoms with Crippen LogP contribution in [0.2, 0.25) is 5.15 Å². The van der Waals surface area contributed by atoms with Gasteiger partial charge in [-0.05, 0) is 30.5 Å². The zero-order valence-electron chi connectivity index (χ0n) is 16.1. The molecule has 30 heavy (non-hydrogen) atoms. The molecule has 0 saturated carbocycles. The number of amides is 2. The van der Waals surface area contributed by atoms with Crippen LogP contribution in [0, 0.1) is 0 Å². The molecular formula is C19H19ClN6O2S2. The minimum Gasteiger partial charge on any atom is -0.378 e. The molecule has 3 aromatic rings. The summed E-state index contributed by atoms with van der Waals surface area (Å²) in [6, 6.07) is 6.95. The Hall–Kier alpha value is -2.40. The van der Waals surface area contributed by atoms with Crippen molar-refractivity contribution in [3.63, 3.8) is 0 Å². The summed E-state index contributed by atoms with van der Waals surface area (Å²) in [5.74, 6) is 1.36. The van der Waals surface area contributed by atoms with Gasteiger partial charge >= 0.3 is 6.03 Å². The van der Waals surface area contributed by atoms with E-state index in [0.29, 0.717) is 35.0 Å². The Morgan fingerprint density at radius 3 is 2.63 bits per heavy atom. The van der Waals surface area contributed by atoms with Gasteiger partial charge in [0.05, 0.1) is 18.1 Å². The summed E-state index contributed by atoms with van der Waals surface area (Å²) in [7, 11) is 0. The van der Waals surface area contributed by atoms with E-state index in [1.807, 2.05) is 18.4 Å². The first-order valence-electron chi connectivity index (χ1n) is 9.16. The lowest BCUT2D eigenvalue weighted by molar-refractivity contribution is 0.122. The van der Waals surface area contributed by atoms with Crippen LogP contribution in [-0.4, -0.2) is 53.5 Å². The third-order valence-corrected chi connectivity index (χ3v) is 6.23. The van der Waals surface area contributed by atoms with Gasteiger partial charge in [-0.1, -0.05) is 11.6 Å². The van der Waals surface area contributed by atoms with E-state index in [1.54, 1.807) is 23.7 Å². The largest absolute Gasteiger partial charge is 0.378 e. The summed E-state index contributed by atoms with van der Waals surface area (Å²) in [6.07, 6.45) is 3.60. The second kappa shape index (κ2) is 9.61. The SMILES string of the molecule is CSc1c(Cl)nc(-c2ccc(NC(=O)Nc3nccs3)cc2)nc1N1CCOCC1. The number of aromatic nitrogens is 3. The van der Waals surface area contributed by atoms with Gasteiger partial charge in [0.15, 0.2) is 11.0 Å². The van der Waals surface area contributed by atoms with Crippen molar-refractivity contribution in [2.45, 2.75) is 4.90 Å². The normalized spacial score (nSPS) is 13.9. The highest BCUT2D eigenvalue weighted by atomic mass is 35.5. The number of ether oxygens (including phenoxy) is 1. The predicted molar refractivity (Wildman–Crippen MR) is 122 cm³/mol. The van der Waals surface area contributed by atoms with Crippen molar-refractivity contribution in [2.75, 3.05) is 48.1 Å². The molecule has 0 spiro atoms. The summed E-state index contributed by atoms with van der Waals surface area (Å²) >= 11 is 9.36. The van der Waals surface area contributed by atoms with Crippen molar-refractivity contribution in [1.29, 1.82) is 0 Å². The smallest absolute Gasteiger partial charge is 0.325 e. The molecule has 3 heterocycles. The number of carbonyl (C=O) groups is 1. The Morgan fingerprint density at radius 1 is 1.20 bits per heavy atom. The maximum atomic E-state index is 12.1. The second-order valence-electron chi connectivity index (χ2n) is 6.29. The molecule has 1 aromatic carbocycles. The number of hydrogen-bond donors (Lipinski definition) is 2. The number of thioether (sulfide) groups is 1. The standard InChI is InChI=1S/C19H19ClN6O2S2/c1-29-14-15(20)23-16(24-17(14)26-7-9-28-10-8-26)12-2-4-13(5-3-12)22-18(27)25-19-21-6-11-30-19/h2-6,11H,7-10H2,1H3,(H2,21,22,25,27). The molecule has 1 aliphatic rings. The van der Waals surface area contributed by atoms with Crippen molar-refractivity contribution < 1.29 is 9.53 Å². The number of halogens is 1. The molecule has 156 valence electrons. The molecular weight excluding hydrogens is 444 g/mol.